The van der Waals surface area contributed by atoms with Crippen molar-refractivity contribution in [2.45, 2.75) is 70.6 Å². The Morgan fingerprint density at radius 3 is 2.59 bits per heavy atom. The Kier molecular flexibility index (Phi) is 5.04. The zero-order chi connectivity index (χ0) is 15.4. The van der Waals surface area contributed by atoms with Gasteiger partial charge in [-0.3, -0.25) is 9.59 Å². The van der Waals surface area contributed by atoms with E-state index in [1.165, 1.54) is 25.7 Å². The highest BCUT2D eigenvalue weighted by Gasteiger charge is 2.37. The van der Waals surface area contributed by atoms with Crippen LogP contribution in [0.4, 0.5) is 0 Å². The molecule has 0 atom stereocenters. The van der Waals surface area contributed by atoms with Crippen LogP contribution in [0.3, 0.4) is 0 Å². The highest BCUT2D eigenvalue weighted by Crippen LogP contribution is 2.40. The van der Waals surface area contributed by atoms with Crippen LogP contribution in [0.15, 0.2) is 0 Å². The second-order valence-electron chi connectivity index (χ2n) is 7.67. The first-order chi connectivity index (χ1) is 10.7. The third kappa shape index (κ3) is 3.82. The van der Waals surface area contributed by atoms with Gasteiger partial charge in [0.15, 0.2) is 0 Å². The van der Waals surface area contributed by atoms with Crippen molar-refractivity contribution in [1.82, 2.24) is 10.2 Å². The van der Waals surface area contributed by atoms with E-state index < -0.39 is 0 Å². The van der Waals surface area contributed by atoms with E-state index in [0.717, 1.165) is 64.1 Å². The topological polar surface area (TPSA) is 49.4 Å². The fraction of sp³-hybridized carbons (Fsp3) is 0.889. The molecule has 3 fully saturated rings. The Bertz CT molecular complexity index is 407. The van der Waals surface area contributed by atoms with Crippen LogP contribution in [0.5, 0.6) is 0 Å². The van der Waals surface area contributed by atoms with E-state index in [2.05, 4.69) is 10.2 Å². The fourth-order valence-electron chi connectivity index (χ4n) is 4.57. The number of carbonyl (C=O) groups is 2. The third-order valence-electron chi connectivity index (χ3n) is 6.28. The molecule has 0 radical (unpaired) electrons. The maximum absolute atomic E-state index is 12.4. The number of rotatable bonds is 3. The maximum Gasteiger partial charge on any atom is 0.222 e. The van der Waals surface area contributed by atoms with Crippen LogP contribution in [0.2, 0.25) is 0 Å². The Hall–Kier alpha value is -1.06. The Labute approximate surface area is 134 Å². The molecule has 2 saturated heterocycles. The van der Waals surface area contributed by atoms with Gasteiger partial charge in [0, 0.05) is 32.5 Å². The van der Waals surface area contributed by atoms with Gasteiger partial charge in [0.25, 0.3) is 0 Å². The summed E-state index contributed by atoms with van der Waals surface area (Å²) in [5.74, 6) is 1.37. The zero-order valence-electron chi connectivity index (χ0n) is 13.7. The molecule has 1 aliphatic carbocycles. The molecule has 22 heavy (non-hydrogen) atoms. The molecule has 2 heterocycles. The van der Waals surface area contributed by atoms with Crippen molar-refractivity contribution in [1.29, 1.82) is 0 Å². The zero-order valence-corrected chi connectivity index (χ0v) is 13.7. The van der Waals surface area contributed by atoms with Crippen molar-refractivity contribution in [2.75, 3.05) is 19.6 Å². The maximum atomic E-state index is 12.4. The summed E-state index contributed by atoms with van der Waals surface area (Å²) in [6.45, 7) is 2.61. The molecule has 3 rings (SSSR count). The minimum atomic E-state index is 0.201. The van der Waals surface area contributed by atoms with Gasteiger partial charge < -0.3 is 10.2 Å². The molecule has 3 aliphatic rings. The summed E-state index contributed by atoms with van der Waals surface area (Å²) < 4.78 is 0. The molecule has 0 bridgehead atoms. The van der Waals surface area contributed by atoms with Gasteiger partial charge in [-0.1, -0.05) is 25.7 Å². The monoisotopic (exact) mass is 306 g/mol. The van der Waals surface area contributed by atoms with E-state index in [-0.39, 0.29) is 5.91 Å². The van der Waals surface area contributed by atoms with Gasteiger partial charge in [-0.05, 0) is 43.4 Å². The predicted molar refractivity (Wildman–Crippen MR) is 86.3 cm³/mol. The molecule has 0 aromatic carbocycles. The largest absolute Gasteiger partial charge is 0.356 e. The number of nitrogens with zero attached hydrogens (tertiary/aromatic N) is 1. The molecule has 124 valence electrons. The second-order valence-corrected chi connectivity index (χ2v) is 7.67. The highest BCUT2D eigenvalue weighted by molar-refractivity contribution is 5.77. The first-order valence-corrected chi connectivity index (χ1v) is 9.21. The van der Waals surface area contributed by atoms with Crippen LogP contribution < -0.4 is 5.32 Å². The van der Waals surface area contributed by atoms with Crippen molar-refractivity contribution in [2.24, 2.45) is 11.3 Å². The van der Waals surface area contributed by atoms with E-state index in [1.807, 2.05) is 0 Å². The normalized spacial score (nSPS) is 26.0. The summed E-state index contributed by atoms with van der Waals surface area (Å²) in [5.41, 5.74) is 0.307. The van der Waals surface area contributed by atoms with E-state index in [1.54, 1.807) is 0 Å². The second kappa shape index (κ2) is 7.01. The smallest absolute Gasteiger partial charge is 0.222 e. The van der Waals surface area contributed by atoms with Crippen LogP contribution in [-0.4, -0.2) is 36.3 Å². The number of likely N-dealkylation sites (tertiary alicyclic amines) is 1. The molecule has 0 aromatic heterocycles. The number of hydrogen-bond donors (Lipinski definition) is 1. The van der Waals surface area contributed by atoms with E-state index in [4.69, 9.17) is 0 Å². The van der Waals surface area contributed by atoms with Gasteiger partial charge >= 0.3 is 0 Å². The van der Waals surface area contributed by atoms with Crippen molar-refractivity contribution < 1.29 is 9.59 Å². The van der Waals surface area contributed by atoms with Gasteiger partial charge in [0.1, 0.15) is 0 Å². The van der Waals surface area contributed by atoms with Crippen LogP contribution in [0, 0.1) is 11.3 Å². The summed E-state index contributed by atoms with van der Waals surface area (Å²) in [6.07, 6.45) is 12.1. The van der Waals surface area contributed by atoms with Crippen molar-refractivity contribution in [3.05, 3.63) is 0 Å². The number of piperidine rings is 1. The standard InChI is InChI=1S/C18H30N2O2/c21-16-7-8-18(9-12-19-16)10-13-20(14-11-18)17(22)6-5-15-3-1-2-4-15/h15H,1-14H2,(H,19,21). The molecule has 1 spiro atoms. The number of amides is 2. The molecular weight excluding hydrogens is 276 g/mol. The molecule has 4 heteroatoms. The molecule has 2 aliphatic heterocycles. The van der Waals surface area contributed by atoms with Crippen LogP contribution in [0.1, 0.15) is 70.6 Å². The van der Waals surface area contributed by atoms with Crippen molar-refractivity contribution in [3.8, 4) is 0 Å². The van der Waals surface area contributed by atoms with E-state index >= 15 is 0 Å². The van der Waals surface area contributed by atoms with E-state index in [0.29, 0.717) is 17.7 Å². The van der Waals surface area contributed by atoms with Gasteiger partial charge in [-0.15, -0.1) is 0 Å². The molecule has 2 amide bonds. The lowest BCUT2D eigenvalue weighted by Crippen LogP contribution is -2.43. The summed E-state index contributed by atoms with van der Waals surface area (Å²) in [4.78, 5) is 26.0. The van der Waals surface area contributed by atoms with Gasteiger partial charge in [0.2, 0.25) is 11.8 Å². The van der Waals surface area contributed by atoms with E-state index in [9.17, 15) is 9.59 Å². The Balaban J connectivity index is 1.44. The quantitative estimate of drug-likeness (QED) is 0.871. The number of carbonyl (C=O) groups excluding carboxylic acids is 2. The average molecular weight is 306 g/mol. The summed E-state index contributed by atoms with van der Waals surface area (Å²) >= 11 is 0. The predicted octanol–water partition coefficient (Wildman–Crippen LogP) is 2.87. The van der Waals surface area contributed by atoms with Crippen LogP contribution >= 0.6 is 0 Å². The van der Waals surface area contributed by atoms with Crippen molar-refractivity contribution >= 4 is 11.8 Å². The first-order valence-electron chi connectivity index (χ1n) is 9.21. The van der Waals surface area contributed by atoms with Gasteiger partial charge in [-0.2, -0.15) is 0 Å². The van der Waals surface area contributed by atoms with Gasteiger partial charge in [-0.25, -0.2) is 0 Å². The molecule has 0 aromatic rings. The average Bonchev–Trinajstić information content (AvgIpc) is 2.99. The highest BCUT2D eigenvalue weighted by atomic mass is 16.2. The minimum Gasteiger partial charge on any atom is -0.356 e. The lowest BCUT2D eigenvalue weighted by atomic mass is 9.73. The first kappa shape index (κ1) is 15.8. The molecule has 1 N–H and O–H groups in total. The molecule has 1 saturated carbocycles. The Morgan fingerprint density at radius 1 is 1.14 bits per heavy atom. The molecule has 4 nitrogen and oxygen atoms in total. The third-order valence-corrected chi connectivity index (χ3v) is 6.28. The summed E-state index contributed by atoms with van der Waals surface area (Å²) in [5, 5.41) is 2.98. The molecule has 0 unspecified atom stereocenters. The van der Waals surface area contributed by atoms with Crippen LogP contribution in [-0.2, 0) is 9.59 Å². The molecular formula is C18H30N2O2. The minimum absolute atomic E-state index is 0.201. The number of hydrogen-bond acceptors (Lipinski definition) is 2. The lowest BCUT2D eigenvalue weighted by Gasteiger charge is -2.41. The SMILES string of the molecule is O=C1CCC2(CCN1)CCN(C(=O)CCC1CCCC1)CC2. The van der Waals surface area contributed by atoms with Crippen LogP contribution in [0.25, 0.3) is 0 Å². The Morgan fingerprint density at radius 2 is 1.86 bits per heavy atom. The van der Waals surface area contributed by atoms with Gasteiger partial charge in [0.05, 0.1) is 0 Å². The summed E-state index contributed by atoms with van der Waals surface area (Å²) in [7, 11) is 0. The number of nitrogens with one attached hydrogen (secondary N) is 1. The fourth-order valence-corrected chi connectivity index (χ4v) is 4.57. The lowest BCUT2D eigenvalue weighted by molar-refractivity contribution is -0.134. The van der Waals surface area contributed by atoms with Crippen molar-refractivity contribution in [3.63, 3.8) is 0 Å². The summed E-state index contributed by atoms with van der Waals surface area (Å²) in [6, 6.07) is 0.